The quantitative estimate of drug-likeness (QED) is 0.760. The number of ether oxygens (including phenoxy) is 1. The molecule has 1 unspecified atom stereocenters. The number of hydrogen-bond donors (Lipinski definition) is 1. The van der Waals surface area contributed by atoms with Crippen LogP contribution in [0.15, 0.2) is 5.10 Å². The van der Waals surface area contributed by atoms with Gasteiger partial charge in [-0.3, -0.25) is 14.4 Å². The summed E-state index contributed by atoms with van der Waals surface area (Å²) in [5.41, 5.74) is 0. The van der Waals surface area contributed by atoms with Crippen molar-refractivity contribution in [1.29, 1.82) is 0 Å². The molecule has 1 saturated carbocycles. The molecule has 1 saturated heterocycles. The fourth-order valence-corrected chi connectivity index (χ4v) is 4.14. The molecule has 0 bridgehead atoms. The highest BCUT2D eigenvalue weighted by molar-refractivity contribution is 5.93. The number of carbonyl (C=O) groups is 3. The van der Waals surface area contributed by atoms with Crippen LogP contribution in [0.1, 0.15) is 44.9 Å². The van der Waals surface area contributed by atoms with E-state index in [-0.39, 0.29) is 18.2 Å². The molecule has 0 aromatic carbocycles. The van der Waals surface area contributed by atoms with Gasteiger partial charge in [-0.15, -0.1) is 0 Å². The maximum absolute atomic E-state index is 13.0. The van der Waals surface area contributed by atoms with E-state index in [0.717, 1.165) is 25.7 Å². The molecule has 8 nitrogen and oxygen atoms in total. The van der Waals surface area contributed by atoms with Crippen molar-refractivity contribution in [3.63, 3.8) is 0 Å². The largest absolute Gasteiger partial charge is 0.481 e. The van der Waals surface area contributed by atoms with Crippen molar-refractivity contribution in [2.45, 2.75) is 51.0 Å². The van der Waals surface area contributed by atoms with Crippen molar-refractivity contribution in [2.24, 2.45) is 16.9 Å². The molecule has 8 heteroatoms. The molecule has 0 aromatic heterocycles. The van der Waals surface area contributed by atoms with E-state index in [1.165, 1.54) is 5.01 Å². The van der Waals surface area contributed by atoms with Crippen molar-refractivity contribution >= 4 is 24.0 Å². The number of rotatable bonds is 6. The van der Waals surface area contributed by atoms with Gasteiger partial charge in [0.25, 0.3) is 0 Å². The Labute approximate surface area is 153 Å². The Hall–Kier alpha value is -1.96. The molecule has 0 radical (unpaired) electrons. The number of aliphatic carboxylic acids is 1. The van der Waals surface area contributed by atoms with Crippen molar-refractivity contribution < 1.29 is 24.2 Å². The topological polar surface area (TPSA) is 99.5 Å². The first-order chi connectivity index (χ1) is 12.6. The van der Waals surface area contributed by atoms with E-state index in [1.54, 1.807) is 11.1 Å². The number of amides is 2. The van der Waals surface area contributed by atoms with Crippen molar-refractivity contribution in [2.75, 3.05) is 26.3 Å². The number of hydrogen-bond acceptors (Lipinski definition) is 5. The summed E-state index contributed by atoms with van der Waals surface area (Å²) in [5, 5.41) is 14.6. The number of carboxylic acids is 1. The molecule has 0 spiro atoms. The Kier molecular flexibility index (Phi) is 6.24. The molecule has 144 valence electrons. The summed E-state index contributed by atoms with van der Waals surface area (Å²) in [6.07, 6.45) is 6.68. The van der Waals surface area contributed by atoms with Gasteiger partial charge in [-0.2, -0.15) is 5.10 Å². The number of carboxylic acid groups (broad SMARTS) is 1. The lowest BCUT2D eigenvalue weighted by Gasteiger charge is -2.32. The lowest BCUT2D eigenvalue weighted by molar-refractivity contribution is -0.151. The third-order valence-corrected chi connectivity index (χ3v) is 5.53. The Balaban J connectivity index is 1.68. The van der Waals surface area contributed by atoms with Crippen LogP contribution >= 0.6 is 0 Å². The molecular formula is C18H27N3O5. The summed E-state index contributed by atoms with van der Waals surface area (Å²) in [4.78, 5) is 38.8. The van der Waals surface area contributed by atoms with E-state index < -0.39 is 17.9 Å². The zero-order valence-corrected chi connectivity index (χ0v) is 15.0. The van der Waals surface area contributed by atoms with Gasteiger partial charge >= 0.3 is 5.97 Å². The first-order valence-electron chi connectivity index (χ1n) is 9.50. The third kappa shape index (κ3) is 4.41. The van der Waals surface area contributed by atoms with E-state index in [1.807, 2.05) is 0 Å². The summed E-state index contributed by atoms with van der Waals surface area (Å²) in [6.45, 7) is 2.02. The lowest BCUT2D eigenvalue weighted by atomic mass is 9.90. The molecule has 2 heterocycles. The summed E-state index contributed by atoms with van der Waals surface area (Å²) in [5.74, 6) is -1.68. The SMILES string of the molecule is O=C(O)C[C@@H](CC1CCCC1)C(=O)N1N=CCC1C(=O)N1CCOCC1. The smallest absolute Gasteiger partial charge is 0.304 e. The van der Waals surface area contributed by atoms with Crippen LogP contribution in [0.4, 0.5) is 0 Å². The van der Waals surface area contributed by atoms with Crippen molar-refractivity contribution in [3.05, 3.63) is 0 Å². The lowest BCUT2D eigenvalue weighted by Crippen LogP contribution is -2.51. The molecule has 3 aliphatic rings. The van der Waals surface area contributed by atoms with Crippen LogP contribution in [0, 0.1) is 11.8 Å². The zero-order chi connectivity index (χ0) is 18.5. The Morgan fingerprint density at radius 2 is 1.88 bits per heavy atom. The molecule has 2 atom stereocenters. The third-order valence-electron chi connectivity index (χ3n) is 5.53. The van der Waals surface area contributed by atoms with E-state index in [0.29, 0.717) is 45.1 Å². The van der Waals surface area contributed by atoms with Crippen LogP contribution in [0.25, 0.3) is 0 Å². The van der Waals surface area contributed by atoms with Crippen molar-refractivity contribution in [1.82, 2.24) is 9.91 Å². The Morgan fingerprint density at radius 3 is 2.54 bits per heavy atom. The summed E-state index contributed by atoms with van der Waals surface area (Å²) in [7, 11) is 0. The summed E-state index contributed by atoms with van der Waals surface area (Å²) >= 11 is 0. The maximum atomic E-state index is 13.0. The average molecular weight is 365 g/mol. The van der Waals surface area contributed by atoms with Gasteiger partial charge in [0.2, 0.25) is 11.8 Å². The van der Waals surface area contributed by atoms with Crippen LogP contribution in [0.2, 0.25) is 0 Å². The van der Waals surface area contributed by atoms with E-state index in [4.69, 9.17) is 4.74 Å². The minimum atomic E-state index is -0.986. The van der Waals surface area contributed by atoms with Gasteiger partial charge in [0.1, 0.15) is 6.04 Å². The fraction of sp³-hybridized carbons (Fsp3) is 0.778. The first kappa shape index (κ1) is 18.8. The van der Waals surface area contributed by atoms with E-state index >= 15 is 0 Å². The first-order valence-corrected chi connectivity index (χ1v) is 9.50. The molecule has 1 aliphatic carbocycles. The van der Waals surface area contributed by atoms with Gasteiger partial charge < -0.3 is 14.7 Å². The van der Waals surface area contributed by atoms with E-state index in [9.17, 15) is 19.5 Å². The Morgan fingerprint density at radius 1 is 1.19 bits per heavy atom. The Bertz CT molecular complexity index is 567. The molecule has 2 amide bonds. The molecule has 2 fully saturated rings. The van der Waals surface area contributed by atoms with Crippen LogP contribution in [0.5, 0.6) is 0 Å². The molecule has 0 aromatic rings. The van der Waals surface area contributed by atoms with E-state index in [2.05, 4.69) is 5.10 Å². The summed E-state index contributed by atoms with van der Waals surface area (Å²) < 4.78 is 5.27. The highest BCUT2D eigenvalue weighted by atomic mass is 16.5. The second-order valence-electron chi connectivity index (χ2n) is 7.35. The predicted molar refractivity (Wildman–Crippen MR) is 93.5 cm³/mol. The molecule has 26 heavy (non-hydrogen) atoms. The van der Waals surface area contributed by atoms with Gasteiger partial charge in [-0.05, 0) is 12.3 Å². The average Bonchev–Trinajstić information content (AvgIpc) is 3.32. The summed E-state index contributed by atoms with van der Waals surface area (Å²) in [6, 6.07) is -0.652. The minimum Gasteiger partial charge on any atom is -0.481 e. The second kappa shape index (κ2) is 8.62. The second-order valence-corrected chi connectivity index (χ2v) is 7.35. The van der Waals surface area contributed by atoms with Crippen LogP contribution in [0.3, 0.4) is 0 Å². The van der Waals surface area contributed by atoms with Gasteiger partial charge in [0.05, 0.1) is 25.6 Å². The van der Waals surface area contributed by atoms with Gasteiger partial charge in [-0.25, -0.2) is 5.01 Å². The maximum Gasteiger partial charge on any atom is 0.304 e. The molecular weight excluding hydrogens is 338 g/mol. The van der Waals surface area contributed by atoms with Gasteiger partial charge in [0.15, 0.2) is 0 Å². The number of carbonyl (C=O) groups excluding carboxylic acids is 2. The normalized spacial score (nSPS) is 24.8. The highest BCUT2D eigenvalue weighted by Crippen LogP contribution is 2.33. The number of hydrazone groups is 1. The van der Waals surface area contributed by atoms with Crippen LogP contribution in [-0.4, -0.2) is 71.4 Å². The number of nitrogens with zero attached hydrogens (tertiary/aromatic N) is 3. The fourth-order valence-electron chi connectivity index (χ4n) is 4.14. The van der Waals surface area contributed by atoms with Gasteiger partial charge in [-0.1, -0.05) is 25.7 Å². The standard InChI is InChI=1S/C18H27N3O5/c22-16(23)12-14(11-13-3-1-2-4-13)17(24)21-15(5-6-19-21)18(25)20-7-9-26-10-8-20/h6,13-15H,1-5,7-12H2,(H,22,23)/t14-,15?/m1/s1. The zero-order valence-electron chi connectivity index (χ0n) is 15.0. The minimum absolute atomic E-state index is 0.130. The predicted octanol–water partition coefficient (Wildman–Crippen LogP) is 1.10. The molecule has 1 N–H and O–H groups in total. The van der Waals surface area contributed by atoms with Crippen LogP contribution in [-0.2, 0) is 19.1 Å². The van der Waals surface area contributed by atoms with Gasteiger partial charge in [0, 0.05) is 25.7 Å². The molecule has 2 aliphatic heterocycles. The van der Waals surface area contributed by atoms with Crippen LogP contribution < -0.4 is 0 Å². The van der Waals surface area contributed by atoms with Crippen molar-refractivity contribution in [3.8, 4) is 0 Å². The number of morpholine rings is 1. The molecule has 3 rings (SSSR count). The monoisotopic (exact) mass is 365 g/mol. The highest BCUT2D eigenvalue weighted by Gasteiger charge is 2.39.